The highest BCUT2D eigenvalue weighted by Crippen LogP contribution is 2.17. The average molecular weight is 344 g/mol. The van der Waals surface area contributed by atoms with Crippen LogP contribution in [0.25, 0.3) is 0 Å². The van der Waals surface area contributed by atoms with Crippen LogP contribution in [0, 0.1) is 6.92 Å². The second-order valence-electron chi connectivity index (χ2n) is 4.16. The molecule has 0 aliphatic heterocycles. The monoisotopic (exact) mass is 343 g/mol. The van der Waals surface area contributed by atoms with E-state index in [1.54, 1.807) is 25.1 Å². The fourth-order valence-corrected chi connectivity index (χ4v) is 2.18. The molecule has 0 spiro atoms. The van der Waals surface area contributed by atoms with Crippen LogP contribution in [-0.2, 0) is 6.54 Å². The van der Waals surface area contributed by atoms with Gasteiger partial charge in [0.1, 0.15) is 10.3 Å². The summed E-state index contributed by atoms with van der Waals surface area (Å²) in [6, 6.07) is 6.45. The van der Waals surface area contributed by atoms with Gasteiger partial charge in [0.15, 0.2) is 0 Å². The zero-order valence-electron chi connectivity index (χ0n) is 10.6. The van der Waals surface area contributed by atoms with Crippen LogP contribution in [0.5, 0.6) is 0 Å². The molecule has 1 N–H and O–H groups in total. The lowest BCUT2D eigenvalue weighted by Crippen LogP contribution is -2.19. The molecule has 0 aliphatic carbocycles. The van der Waals surface area contributed by atoms with Gasteiger partial charge in [-0.05, 0) is 47.1 Å². The minimum absolute atomic E-state index is 0.188. The molecule has 1 amide bonds. The van der Waals surface area contributed by atoms with Crippen molar-refractivity contribution in [1.29, 1.82) is 0 Å². The molecule has 2 rings (SSSR count). The Balaban J connectivity index is 2.18. The second kappa shape index (κ2) is 6.13. The summed E-state index contributed by atoms with van der Waals surface area (Å²) in [6.07, 6.45) is -1.06. The van der Waals surface area contributed by atoms with Gasteiger partial charge in [0.25, 0.3) is 12.3 Å². The number of anilines is 1. The van der Waals surface area contributed by atoms with Crippen molar-refractivity contribution in [3.05, 3.63) is 46.5 Å². The number of alkyl halides is 2. The van der Waals surface area contributed by atoms with Crippen LogP contribution in [0.1, 0.15) is 16.2 Å². The molecule has 0 bridgehead atoms. The molecule has 0 radical (unpaired) electrons. The highest BCUT2D eigenvalue weighted by atomic mass is 79.9. The maximum atomic E-state index is 12.4. The molecule has 2 heterocycles. The predicted molar refractivity (Wildman–Crippen MR) is 75.1 cm³/mol. The van der Waals surface area contributed by atoms with Gasteiger partial charge >= 0.3 is 0 Å². The largest absolute Gasteiger partial charge is 0.338 e. The predicted octanol–water partition coefficient (Wildman–Crippen LogP) is 3.47. The van der Waals surface area contributed by atoms with E-state index in [1.165, 1.54) is 16.8 Å². The normalized spacial score (nSPS) is 10.8. The third-order valence-electron chi connectivity index (χ3n) is 2.70. The summed E-state index contributed by atoms with van der Waals surface area (Å²) in [5, 5.41) is 2.67. The number of hydrogen-bond donors (Lipinski definition) is 1. The molecule has 0 saturated heterocycles. The third kappa shape index (κ3) is 3.41. The zero-order chi connectivity index (χ0) is 14.7. The van der Waals surface area contributed by atoms with Gasteiger partial charge in [-0.25, -0.2) is 13.8 Å². The number of aromatic nitrogens is 2. The number of carbonyl (C=O) groups excluding carboxylic acids is 1. The van der Waals surface area contributed by atoms with Gasteiger partial charge in [-0.2, -0.15) is 0 Å². The van der Waals surface area contributed by atoms with Crippen LogP contribution < -0.4 is 5.32 Å². The van der Waals surface area contributed by atoms with Crippen molar-refractivity contribution in [2.24, 2.45) is 0 Å². The van der Waals surface area contributed by atoms with Crippen molar-refractivity contribution < 1.29 is 13.6 Å². The molecule has 20 heavy (non-hydrogen) atoms. The Labute approximate surface area is 122 Å². The van der Waals surface area contributed by atoms with E-state index in [2.05, 4.69) is 26.2 Å². The quantitative estimate of drug-likeness (QED) is 0.864. The lowest BCUT2D eigenvalue weighted by atomic mass is 10.3. The lowest BCUT2D eigenvalue weighted by molar-refractivity contribution is 0.0997. The van der Waals surface area contributed by atoms with Crippen molar-refractivity contribution in [2.45, 2.75) is 19.9 Å². The highest BCUT2D eigenvalue weighted by molar-refractivity contribution is 9.10. The van der Waals surface area contributed by atoms with Crippen molar-refractivity contribution in [1.82, 2.24) is 9.55 Å². The summed E-state index contributed by atoms with van der Waals surface area (Å²) in [4.78, 5) is 16.3. The van der Waals surface area contributed by atoms with Gasteiger partial charge in [0.2, 0.25) is 0 Å². The van der Waals surface area contributed by atoms with Crippen molar-refractivity contribution in [3.8, 4) is 0 Å². The molecule has 106 valence electrons. The number of nitrogens with one attached hydrogen (secondary N) is 1. The van der Waals surface area contributed by atoms with Gasteiger partial charge in [-0.3, -0.25) is 4.79 Å². The first-order valence-electron chi connectivity index (χ1n) is 5.85. The van der Waals surface area contributed by atoms with E-state index in [0.29, 0.717) is 16.0 Å². The number of pyridine rings is 1. The van der Waals surface area contributed by atoms with E-state index in [4.69, 9.17) is 0 Å². The Morgan fingerprint density at radius 3 is 2.85 bits per heavy atom. The van der Waals surface area contributed by atoms with Crippen molar-refractivity contribution in [2.75, 3.05) is 5.32 Å². The molecule has 7 heteroatoms. The SMILES string of the molecule is Cc1nc(Br)ccc1NC(=O)c1cccn1CC(F)F. The van der Waals surface area contributed by atoms with Gasteiger partial charge in [-0.15, -0.1) is 0 Å². The molecule has 4 nitrogen and oxygen atoms in total. The molecular formula is C13H12BrF2N3O. The number of hydrogen-bond acceptors (Lipinski definition) is 2. The molecule has 2 aromatic rings. The molecule has 0 aromatic carbocycles. The maximum absolute atomic E-state index is 12.4. The maximum Gasteiger partial charge on any atom is 0.272 e. The van der Waals surface area contributed by atoms with Gasteiger partial charge in [0.05, 0.1) is 17.9 Å². The van der Waals surface area contributed by atoms with Crippen molar-refractivity contribution >= 4 is 27.5 Å². The molecule has 0 saturated carbocycles. The lowest BCUT2D eigenvalue weighted by Gasteiger charge is -2.10. The Bertz CT molecular complexity index is 628. The topological polar surface area (TPSA) is 46.9 Å². The third-order valence-corrected chi connectivity index (χ3v) is 3.14. The van der Waals surface area contributed by atoms with E-state index < -0.39 is 18.9 Å². The Hall–Kier alpha value is -1.76. The van der Waals surface area contributed by atoms with E-state index in [-0.39, 0.29) is 5.69 Å². The minimum atomic E-state index is -2.51. The van der Waals surface area contributed by atoms with Crippen LogP contribution in [0.15, 0.2) is 35.1 Å². The first kappa shape index (κ1) is 14.6. The Kier molecular flexibility index (Phi) is 4.49. The smallest absolute Gasteiger partial charge is 0.272 e. The van der Waals surface area contributed by atoms with E-state index in [1.807, 2.05) is 0 Å². The Morgan fingerprint density at radius 2 is 2.20 bits per heavy atom. The first-order chi connectivity index (χ1) is 9.47. The molecule has 0 unspecified atom stereocenters. The van der Waals surface area contributed by atoms with Gasteiger partial charge < -0.3 is 9.88 Å². The van der Waals surface area contributed by atoms with Crippen molar-refractivity contribution in [3.63, 3.8) is 0 Å². The highest BCUT2D eigenvalue weighted by Gasteiger charge is 2.15. The summed E-state index contributed by atoms with van der Waals surface area (Å²) in [6.45, 7) is 1.24. The molecular weight excluding hydrogens is 332 g/mol. The van der Waals surface area contributed by atoms with Crippen LogP contribution in [0.2, 0.25) is 0 Å². The fourth-order valence-electron chi connectivity index (χ4n) is 1.78. The Morgan fingerprint density at radius 1 is 1.45 bits per heavy atom. The average Bonchev–Trinajstić information content (AvgIpc) is 2.80. The summed E-state index contributed by atoms with van der Waals surface area (Å²) in [7, 11) is 0. The van der Waals surface area contributed by atoms with E-state index in [9.17, 15) is 13.6 Å². The number of carbonyl (C=O) groups is 1. The van der Waals surface area contributed by atoms with Crippen LogP contribution in [0.3, 0.4) is 0 Å². The first-order valence-corrected chi connectivity index (χ1v) is 6.64. The summed E-state index contributed by atoms with van der Waals surface area (Å²) < 4.78 is 26.7. The van der Waals surface area contributed by atoms with E-state index >= 15 is 0 Å². The van der Waals surface area contributed by atoms with Crippen LogP contribution in [0.4, 0.5) is 14.5 Å². The van der Waals surface area contributed by atoms with Crippen LogP contribution >= 0.6 is 15.9 Å². The minimum Gasteiger partial charge on any atom is -0.338 e. The fraction of sp³-hybridized carbons (Fsp3) is 0.231. The summed E-state index contributed by atoms with van der Waals surface area (Å²) in [5.41, 5.74) is 1.37. The van der Waals surface area contributed by atoms with E-state index in [0.717, 1.165) is 0 Å². The summed E-state index contributed by atoms with van der Waals surface area (Å²) in [5.74, 6) is -0.442. The second-order valence-corrected chi connectivity index (χ2v) is 4.97. The zero-order valence-corrected chi connectivity index (χ0v) is 12.2. The molecule has 0 fully saturated rings. The summed E-state index contributed by atoms with van der Waals surface area (Å²) >= 11 is 3.23. The number of nitrogens with zero attached hydrogens (tertiary/aromatic N) is 2. The molecule has 0 atom stereocenters. The van der Waals surface area contributed by atoms with Gasteiger partial charge in [0, 0.05) is 6.20 Å². The van der Waals surface area contributed by atoms with Crippen LogP contribution in [-0.4, -0.2) is 21.9 Å². The molecule has 2 aromatic heterocycles. The number of halogens is 3. The van der Waals surface area contributed by atoms with Gasteiger partial charge in [-0.1, -0.05) is 0 Å². The number of aryl methyl sites for hydroxylation is 1. The standard InChI is InChI=1S/C13H12BrF2N3O/c1-8-9(4-5-11(14)17-8)18-13(20)10-3-2-6-19(10)7-12(15)16/h2-6,12H,7H2,1H3,(H,18,20). The number of amides is 1. The number of rotatable bonds is 4. The molecule has 0 aliphatic rings.